The number of rotatable bonds is 8. The number of methoxy groups -OCH3 is 1. The van der Waals surface area contributed by atoms with Gasteiger partial charge >= 0.3 is 5.97 Å². The van der Waals surface area contributed by atoms with Gasteiger partial charge in [-0.25, -0.2) is 0 Å². The van der Waals surface area contributed by atoms with Crippen LogP contribution in [0.15, 0.2) is 48.5 Å². The van der Waals surface area contributed by atoms with Crippen molar-refractivity contribution in [2.45, 2.75) is 46.6 Å². The quantitative estimate of drug-likeness (QED) is 0.650. The van der Waals surface area contributed by atoms with Gasteiger partial charge in [-0.1, -0.05) is 63.2 Å². The number of ether oxygens (including phenoxy) is 1. The minimum absolute atomic E-state index is 0.0381. The molecule has 1 amide bonds. The van der Waals surface area contributed by atoms with E-state index in [2.05, 4.69) is 38.2 Å². The van der Waals surface area contributed by atoms with Crippen molar-refractivity contribution in [1.29, 1.82) is 0 Å². The van der Waals surface area contributed by atoms with Crippen LogP contribution in [0, 0.1) is 18.8 Å². The van der Waals surface area contributed by atoms with Crippen LogP contribution in [0.5, 0.6) is 0 Å². The zero-order valence-electron chi connectivity index (χ0n) is 17.5. The molecule has 2 atom stereocenters. The van der Waals surface area contributed by atoms with Crippen molar-refractivity contribution in [1.82, 2.24) is 5.32 Å². The first-order valence-electron chi connectivity index (χ1n) is 9.85. The summed E-state index contributed by atoms with van der Waals surface area (Å²) in [6.45, 7) is 8.19. The van der Waals surface area contributed by atoms with Crippen molar-refractivity contribution in [3.8, 4) is 11.1 Å². The average Bonchev–Trinajstić information content (AvgIpc) is 2.67. The van der Waals surface area contributed by atoms with E-state index in [9.17, 15) is 9.59 Å². The Morgan fingerprint density at radius 1 is 1.04 bits per heavy atom. The summed E-state index contributed by atoms with van der Waals surface area (Å²) in [4.78, 5) is 24.6. The van der Waals surface area contributed by atoms with Gasteiger partial charge in [0.05, 0.1) is 19.6 Å². The van der Waals surface area contributed by atoms with Crippen molar-refractivity contribution < 1.29 is 14.3 Å². The molecule has 2 aromatic carbocycles. The minimum Gasteiger partial charge on any atom is -0.469 e. The average molecular weight is 382 g/mol. The van der Waals surface area contributed by atoms with Crippen molar-refractivity contribution in [3.05, 3.63) is 59.7 Å². The molecular formula is C24H31NO3. The van der Waals surface area contributed by atoms with E-state index in [4.69, 9.17) is 4.74 Å². The molecule has 4 heteroatoms. The molecule has 0 unspecified atom stereocenters. The molecule has 0 radical (unpaired) electrons. The summed E-state index contributed by atoms with van der Waals surface area (Å²) in [6.07, 6.45) is 0.911. The number of hydrogen-bond acceptors (Lipinski definition) is 3. The largest absolute Gasteiger partial charge is 0.469 e. The fourth-order valence-corrected chi connectivity index (χ4v) is 3.45. The predicted molar refractivity (Wildman–Crippen MR) is 113 cm³/mol. The Kier molecular flexibility index (Phi) is 7.80. The summed E-state index contributed by atoms with van der Waals surface area (Å²) < 4.78 is 4.85. The molecule has 0 aliphatic carbocycles. The zero-order valence-corrected chi connectivity index (χ0v) is 17.5. The topological polar surface area (TPSA) is 55.4 Å². The molecule has 4 nitrogen and oxygen atoms in total. The second kappa shape index (κ2) is 10.1. The van der Waals surface area contributed by atoms with Gasteiger partial charge in [-0.05, 0) is 47.6 Å². The van der Waals surface area contributed by atoms with Crippen LogP contribution >= 0.6 is 0 Å². The molecular weight excluding hydrogens is 350 g/mol. The van der Waals surface area contributed by atoms with Crippen LogP contribution in [-0.4, -0.2) is 19.0 Å². The van der Waals surface area contributed by atoms with Crippen LogP contribution < -0.4 is 5.32 Å². The predicted octanol–water partition coefficient (Wildman–Crippen LogP) is 5.06. The van der Waals surface area contributed by atoms with E-state index in [1.807, 2.05) is 43.3 Å². The van der Waals surface area contributed by atoms with Crippen LogP contribution in [-0.2, 0) is 14.3 Å². The van der Waals surface area contributed by atoms with E-state index < -0.39 is 6.04 Å². The summed E-state index contributed by atoms with van der Waals surface area (Å²) in [5.41, 5.74) is 4.28. The second-order valence-electron chi connectivity index (χ2n) is 7.81. The van der Waals surface area contributed by atoms with Gasteiger partial charge < -0.3 is 10.1 Å². The molecule has 28 heavy (non-hydrogen) atoms. The molecule has 0 saturated heterocycles. The highest BCUT2D eigenvalue weighted by atomic mass is 16.5. The Bertz CT molecular complexity index is 813. The molecule has 2 rings (SSSR count). The summed E-state index contributed by atoms with van der Waals surface area (Å²) in [5, 5.41) is 3.06. The standard InChI is InChI=1S/C24H31NO3/c1-16(2)13-18(4)24(27)25-22(15-23(26)28-5)20-11-8-10-19(14-20)21-12-7-6-9-17(21)3/h6-12,14,16,18,22H,13,15H2,1-5H3,(H,25,27)/t18-,22+/m1/s1. The molecule has 0 bridgehead atoms. The fourth-order valence-electron chi connectivity index (χ4n) is 3.45. The summed E-state index contributed by atoms with van der Waals surface area (Å²) >= 11 is 0. The van der Waals surface area contributed by atoms with Gasteiger partial charge in [0, 0.05) is 5.92 Å². The number of hydrogen-bond donors (Lipinski definition) is 1. The number of carbonyl (C=O) groups is 2. The van der Waals surface area contributed by atoms with Crippen LogP contribution in [0.25, 0.3) is 11.1 Å². The van der Waals surface area contributed by atoms with E-state index >= 15 is 0 Å². The molecule has 0 aromatic heterocycles. The van der Waals surface area contributed by atoms with Crippen molar-refractivity contribution in [2.24, 2.45) is 11.8 Å². The third-order valence-electron chi connectivity index (χ3n) is 4.93. The first-order valence-corrected chi connectivity index (χ1v) is 9.85. The van der Waals surface area contributed by atoms with Crippen molar-refractivity contribution >= 4 is 11.9 Å². The molecule has 0 fully saturated rings. The molecule has 1 N–H and O–H groups in total. The number of esters is 1. The summed E-state index contributed by atoms with van der Waals surface area (Å²) in [5.74, 6) is -0.0594. The normalized spacial score (nSPS) is 13.1. The van der Waals surface area contributed by atoms with Crippen LogP contribution in [0.2, 0.25) is 0 Å². The Balaban J connectivity index is 2.31. The maximum absolute atomic E-state index is 12.7. The highest BCUT2D eigenvalue weighted by molar-refractivity contribution is 5.80. The molecule has 0 spiro atoms. The van der Waals surface area contributed by atoms with Gasteiger partial charge in [-0.15, -0.1) is 0 Å². The van der Waals surface area contributed by atoms with Crippen molar-refractivity contribution in [3.63, 3.8) is 0 Å². The number of carbonyl (C=O) groups excluding carboxylic acids is 2. The Hall–Kier alpha value is -2.62. The third kappa shape index (κ3) is 5.95. The molecule has 0 heterocycles. The Morgan fingerprint density at radius 3 is 2.39 bits per heavy atom. The number of nitrogens with one attached hydrogen (secondary N) is 1. The Labute approximate surface area is 168 Å². The summed E-state index contributed by atoms with van der Waals surface area (Å²) in [7, 11) is 1.37. The smallest absolute Gasteiger partial charge is 0.307 e. The van der Waals surface area contributed by atoms with Gasteiger partial charge in [0.1, 0.15) is 0 Å². The molecule has 2 aromatic rings. The minimum atomic E-state index is -0.418. The lowest BCUT2D eigenvalue weighted by Gasteiger charge is -2.22. The number of aryl methyl sites for hydroxylation is 1. The van der Waals surface area contributed by atoms with Gasteiger partial charge in [0.15, 0.2) is 0 Å². The van der Waals surface area contributed by atoms with Crippen LogP contribution in [0.1, 0.15) is 50.8 Å². The lowest BCUT2D eigenvalue weighted by molar-refractivity contribution is -0.141. The lowest BCUT2D eigenvalue weighted by atomic mass is 9.94. The summed E-state index contributed by atoms with van der Waals surface area (Å²) in [6, 6.07) is 15.8. The van der Waals surface area contributed by atoms with E-state index in [1.54, 1.807) is 0 Å². The maximum atomic E-state index is 12.7. The van der Waals surface area contributed by atoms with Gasteiger partial charge in [0.25, 0.3) is 0 Å². The van der Waals surface area contributed by atoms with Crippen LogP contribution in [0.3, 0.4) is 0 Å². The second-order valence-corrected chi connectivity index (χ2v) is 7.81. The van der Waals surface area contributed by atoms with E-state index in [0.29, 0.717) is 5.92 Å². The van der Waals surface area contributed by atoms with Gasteiger partial charge in [0.2, 0.25) is 5.91 Å². The zero-order chi connectivity index (χ0) is 20.7. The fraction of sp³-hybridized carbons (Fsp3) is 0.417. The third-order valence-corrected chi connectivity index (χ3v) is 4.93. The van der Waals surface area contributed by atoms with E-state index in [-0.39, 0.29) is 24.2 Å². The highest BCUT2D eigenvalue weighted by Gasteiger charge is 2.23. The number of amides is 1. The Morgan fingerprint density at radius 2 is 1.75 bits per heavy atom. The van der Waals surface area contributed by atoms with Gasteiger partial charge in [-0.3, -0.25) is 9.59 Å². The molecule has 150 valence electrons. The first kappa shape index (κ1) is 21.7. The molecule has 0 aliphatic heterocycles. The van der Waals surface area contributed by atoms with E-state index in [1.165, 1.54) is 12.7 Å². The SMILES string of the molecule is COC(=O)C[C@H](NC(=O)[C@H](C)CC(C)C)c1cccc(-c2ccccc2C)c1. The maximum Gasteiger partial charge on any atom is 0.307 e. The number of benzene rings is 2. The van der Waals surface area contributed by atoms with Crippen LogP contribution in [0.4, 0.5) is 0 Å². The van der Waals surface area contributed by atoms with E-state index in [0.717, 1.165) is 23.1 Å². The lowest BCUT2D eigenvalue weighted by Crippen LogP contribution is -2.34. The van der Waals surface area contributed by atoms with Crippen molar-refractivity contribution in [2.75, 3.05) is 7.11 Å². The molecule has 0 saturated carbocycles. The molecule has 0 aliphatic rings. The highest BCUT2D eigenvalue weighted by Crippen LogP contribution is 2.27. The monoisotopic (exact) mass is 381 g/mol. The first-order chi connectivity index (χ1) is 13.3. The van der Waals surface area contributed by atoms with Gasteiger partial charge in [-0.2, -0.15) is 0 Å².